The van der Waals surface area contributed by atoms with Crippen LogP contribution in [0.1, 0.15) is 11.5 Å². The summed E-state index contributed by atoms with van der Waals surface area (Å²) >= 11 is 0. The first-order valence-electron chi connectivity index (χ1n) is 4.87. The van der Waals surface area contributed by atoms with Crippen molar-refractivity contribution in [3.05, 3.63) is 23.7 Å². The van der Waals surface area contributed by atoms with Gasteiger partial charge >= 0.3 is 0 Å². The van der Waals surface area contributed by atoms with Gasteiger partial charge in [-0.2, -0.15) is 4.98 Å². The Balaban J connectivity index is 2.16. The van der Waals surface area contributed by atoms with Crippen LogP contribution in [0.25, 0.3) is 11.4 Å². The van der Waals surface area contributed by atoms with Crippen LogP contribution in [0.5, 0.6) is 0 Å². The Kier molecular flexibility index (Phi) is 1.71. The van der Waals surface area contributed by atoms with E-state index in [0.29, 0.717) is 11.7 Å². The molecule has 3 rings (SSSR count). The molecule has 0 unspecified atom stereocenters. The number of rotatable bonds is 1. The fraction of sp³-hybridized carbons (Fsp3) is 0.300. The lowest BCUT2D eigenvalue weighted by Gasteiger charge is -2.01. The largest absolute Gasteiger partial charge is 0.369 e. The van der Waals surface area contributed by atoms with Crippen LogP contribution in [-0.4, -0.2) is 21.7 Å². The quantitative estimate of drug-likeness (QED) is 0.757. The Bertz CT molecular complexity index is 506. The summed E-state index contributed by atoms with van der Waals surface area (Å²) in [6.45, 7) is 2.71. The number of nitrogens with zero attached hydrogens (tertiary/aromatic N) is 3. The Morgan fingerprint density at radius 2 is 2.40 bits per heavy atom. The van der Waals surface area contributed by atoms with Crippen LogP contribution in [0.2, 0.25) is 0 Å². The van der Waals surface area contributed by atoms with Gasteiger partial charge in [-0.1, -0.05) is 5.16 Å². The molecule has 2 aromatic rings. The van der Waals surface area contributed by atoms with Gasteiger partial charge in [0.25, 0.3) is 0 Å². The van der Waals surface area contributed by atoms with E-state index in [0.717, 1.165) is 24.3 Å². The van der Waals surface area contributed by atoms with E-state index in [1.165, 1.54) is 5.56 Å². The standard InChI is InChI=1S/C10H10N4O/c1-6-13-10(14-15-6)8-3-5-12-9-7(8)2-4-11-9/h3,5H,2,4H2,1H3,(H,11,12). The Morgan fingerprint density at radius 1 is 1.47 bits per heavy atom. The molecule has 0 radical (unpaired) electrons. The summed E-state index contributed by atoms with van der Waals surface area (Å²) in [6.07, 6.45) is 2.73. The highest BCUT2D eigenvalue weighted by Crippen LogP contribution is 2.29. The summed E-state index contributed by atoms with van der Waals surface area (Å²) in [7, 11) is 0. The first-order valence-corrected chi connectivity index (χ1v) is 4.87. The number of anilines is 1. The number of hydrogen-bond donors (Lipinski definition) is 1. The van der Waals surface area contributed by atoms with Gasteiger partial charge in [0, 0.05) is 30.8 Å². The van der Waals surface area contributed by atoms with Gasteiger partial charge in [0.1, 0.15) is 5.82 Å². The fourth-order valence-electron chi connectivity index (χ4n) is 1.82. The zero-order chi connectivity index (χ0) is 10.3. The first kappa shape index (κ1) is 8.40. The normalized spacial score (nSPS) is 13.7. The predicted octanol–water partition coefficient (Wildman–Crippen LogP) is 1.41. The molecular formula is C10H10N4O. The average Bonchev–Trinajstić information content (AvgIpc) is 2.84. The molecule has 0 saturated carbocycles. The van der Waals surface area contributed by atoms with Crippen LogP contribution in [-0.2, 0) is 6.42 Å². The van der Waals surface area contributed by atoms with Crippen molar-refractivity contribution in [2.24, 2.45) is 0 Å². The van der Waals surface area contributed by atoms with Crippen LogP contribution in [0.4, 0.5) is 5.82 Å². The van der Waals surface area contributed by atoms with Crippen LogP contribution >= 0.6 is 0 Å². The van der Waals surface area contributed by atoms with E-state index in [-0.39, 0.29) is 0 Å². The summed E-state index contributed by atoms with van der Waals surface area (Å²) < 4.78 is 4.98. The van der Waals surface area contributed by atoms with E-state index >= 15 is 0 Å². The van der Waals surface area contributed by atoms with Crippen LogP contribution in [0.3, 0.4) is 0 Å². The van der Waals surface area contributed by atoms with Crippen molar-refractivity contribution in [1.29, 1.82) is 0 Å². The SMILES string of the molecule is Cc1nc(-c2ccnc3c2CCN3)no1. The number of hydrogen-bond acceptors (Lipinski definition) is 5. The number of aromatic nitrogens is 3. The van der Waals surface area contributed by atoms with Gasteiger partial charge in [-0.3, -0.25) is 0 Å². The molecule has 2 aromatic heterocycles. The minimum Gasteiger partial charge on any atom is -0.369 e. The fourth-order valence-corrected chi connectivity index (χ4v) is 1.82. The van der Waals surface area contributed by atoms with Gasteiger partial charge in [0.15, 0.2) is 0 Å². The molecule has 0 spiro atoms. The van der Waals surface area contributed by atoms with Crippen LogP contribution in [0, 0.1) is 6.92 Å². The van der Waals surface area contributed by atoms with E-state index < -0.39 is 0 Å². The molecule has 1 aliphatic rings. The van der Waals surface area contributed by atoms with E-state index in [4.69, 9.17) is 4.52 Å². The van der Waals surface area contributed by atoms with Crippen molar-refractivity contribution in [2.75, 3.05) is 11.9 Å². The summed E-state index contributed by atoms with van der Waals surface area (Å²) in [6, 6.07) is 1.93. The molecule has 0 aliphatic carbocycles. The zero-order valence-electron chi connectivity index (χ0n) is 8.32. The lowest BCUT2D eigenvalue weighted by Crippen LogP contribution is -1.92. The molecular weight excluding hydrogens is 192 g/mol. The topological polar surface area (TPSA) is 63.8 Å². The maximum atomic E-state index is 4.98. The Hall–Kier alpha value is -1.91. The Morgan fingerprint density at radius 3 is 3.20 bits per heavy atom. The van der Waals surface area contributed by atoms with Gasteiger partial charge in [0.05, 0.1) is 0 Å². The second-order valence-corrected chi connectivity index (χ2v) is 3.50. The van der Waals surface area contributed by atoms with Gasteiger partial charge < -0.3 is 9.84 Å². The first-order chi connectivity index (χ1) is 7.34. The van der Waals surface area contributed by atoms with Crippen LogP contribution < -0.4 is 5.32 Å². The monoisotopic (exact) mass is 202 g/mol. The second kappa shape index (κ2) is 3.05. The number of aryl methyl sites for hydroxylation is 1. The second-order valence-electron chi connectivity index (χ2n) is 3.50. The third kappa shape index (κ3) is 1.27. The van der Waals surface area contributed by atoms with E-state index in [9.17, 15) is 0 Å². The molecule has 5 heteroatoms. The van der Waals surface area contributed by atoms with Gasteiger partial charge in [0.2, 0.25) is 11.7 Å². The van der Waals surface area contributed by atoms with Crippen molar-refractivity contribution in [1.82, 2.24) is 15.1 Å². The maximum absolute atomic E-state index is 4.98. The predicted molar refractivity (Wildman–Crippen MR) is 54.5 cm³/mol. The molecule has 0 atom stereocenters. The molecule has 5 nitrogen and oxygen atoms in total. The third-order valence-corrected chi connectivity index (χ3v) is 2.49. The minimum atomic E-state index is 0.585. The van der Waals surface area contributed by atoms with E-state index in [2.05, 4.69) is 20.4 Å². The summed E-state index contributed by atoms with van der Waals surface area (Å²) in [4.78, 5) is 8.48. The Labute approximate surface area is 86.5 Å². The highest BCUT2D eigenvalue weighted by atomic mass is 16.5. The smallest absolute Gasteiger partial charge is 0.223 e. The molecule has 0 amide bonds. The van der Waals surface area contributed by atoms with Crippen molar-refractivity contribution in [3.8, 4) is 11.4 Å². The molecule has 1 aliphatic heterocycles. The van der Waals surface area contributed by atoms with Crippen molar-refractivity contribution in [3.63, 3.8) is 0 Å². The highest BCUT2D eigenvalue weighted by molar-refractivity contribution is 5.68. The number of fused-ring (bicyclic) bond motifs is 1. The lowest BCUT2D eigenvalue weighted by atomic mass is 10.1. The third-order valence-electron chi connectivity index (χ3n) is 2.49. The van der Waals surface area contributed by atoms with Gasteiger partial charge in [-0.05, 0) is 12.5 Å². The van der Waals surface area contributed by atoms with E-state index in [1.54, 1.807) is 13.1 Å². The average molecular weight is 202 g/mol. The van der Waals surface area contributed by atoms with Gasteiger partial charge in [-0.25, -0.2) is 4.98 Å². The molecule has 76 valence electrons. The summed E-state index contributed by atoms with van der Waals surface area (Å²) in [5, 5.41) is 7.14. The molecule has 15 heavy (non-hydrogen) atoms. The van der Waals surface area contributed by atoms with Crippen LogP contribution in [0.15, 0.2) is 16.8 Å². The zero-order valence-corrected chi connectivity index (χ0v) is 8.32. The molecule has 0 bridgehead atoms. The van der Waals surface area contributed by atoms with Crippen molar-refractivity contribution in [2.45, 2.75) is 13.3 Å². The van der Waals surface area contributed by atoms with Crippen molar-refractivity contribution >= 4 is 5.82 Å². The maximum Gasteiger partial charge on any atom is 0.223 e. The lowest BCUT2D eigenvalue weighted by molar-refractivity contribution is 0.394. The molecule has 0 saturated heterocycles. The molecule has 3 heterocycles. The molecule has 0 fully saturated rings. The molecule has 0 aromatic carbocycles. The number of nitrogens with one attached hydrogen (secondary N) is 1. The highest BCUT2D eigenvalue weighted by Gasteiger charge is 2.18. The van der Waals surface area contributed by atoms with Gasteiger partial charge in [-0.15, -0.1) is 0 Å². The number of pyridine rings is 1. The van der Waals surface area contributed by atoms with Crippen molar-refractivity contribution < 1.29 is 4.52 Å². The van der Waals surface area contributed by atoms with E-state index in [1.807, 2.05) is 6.07 Å². The molecule has 1 N–H and O–H groups in total. The summed E-state index contributed by atoms with van der Waals surface area (Å²) in [5.74, 6) is 2.17. The minimum absolute atomic E-state index is 0.585. The summed E-state index contributed by atoms with van der Waals surface area (Å²) in [5.41, 5.74) is 2.19.